The number of carbonyl (C=O) groups excluding carboxylic acids is 1. The average Bonchev–Trinajstić information content (AvgIpc) is 2.66. The van der Waals surface area contributed by atoms with E-state index in [1.165, 1.54) is 12.8 Å². The molecule has 1 saturated heterocycles. The molecule has 0 aliphatic carbocycles. The summed E-state index contributed by atoms with van der Waals surface area (Å²) in [5.74, 6) is 1.38. The fraction of sp³-hybridized carbons (Fsp3) is 0.938. The summed E-state index contributed by atoms with van der Waals surface area (Å²) in [6.07, 6.45) is 5.92. The van der Waals surface area contributed by atoms with E-state index in [-0.39, 0.29) is 12.2 Å². The van der Waals surface area contributed by atoms with Crippen molar-refractivity contribution >= 4 is 5.91 Å². The SMILES string of the molecule is CCCCCN1C(=O)C(C(C)CC)NC1CC(C)C. The summed E-state index contributed by atoms with van der Waals surface area (Å²) in [6, 6.07) is 0.0374. The zero-order chi connectivity index (χ0) is 14.4. The lowest BCUT2D eigenvalue weighted by Crippen LogP contribution is -2.39. The molecule has 3 heteroatoms. The Kier molecular flexibility index (Phi) is 6.84. The summed E-state index contributed by atoms with van der Waals surface area (Å²) < 4.78 is 0. The Bertz CT molecular complexity index is 278. The van der Waals surface area contributed by atoms with Crippen LogP contribution in [0.4, 0.5) is 0 Å². The van der Waals surface area contributed by atoms with Gasteiger partial charge in [0.1, 0.15) is 0 Å². The molecule has 3 nitrogen and oxygen atoms in total. The van der Waals surface area contributed by atoms with Crippen LogP contribution in [0.2, 0.25) is 0 Å². The molecule has 19 heavy (non-hydrogen) atoms. The van der Waals surface area contributed by atoms with Gasteiger partial charge in [-0.15, -0.1) is 0 Å². The van der Waals surface area contributed by atoms with Crippen LogP contribution < -0.4 is 5.32 Å². The van der Waals surface area contributed by atoms with E-state index >= 15 is 0 Å². The van der Waals surface area contributed by atoms with E-state index in [0.717, 1.165) is 25.8 Å². The Labute approximate surface area is 119 Å². The van der Waals surface area contributed by atoms with E-state index in [2.05, 4.69) is 44.8 Å². The van der Waals surface area contributed by atoms with Crippen molar-refractivity contribution in [1.29, 1.82) is 0 Å². The van der Waals surface area contributed by atoms with Crippen molar-refractivity contribution in [2.75, 3.05) is 6.54 Å². The number of nitrogens with one attached hydrogen (secondary N) is 1. The van der Waals surface area contributed by atoms with Crippen LogP contribution in [-0.4, -0.2) is 29.6 Å². The first-order chi connectivity index (χ1) is 9.01. The molecule has 0 aromatic rings. The molecule has 0 spiro atoms. The topological polar surface area (TPSA) is 32.3 Å². The molecule has 1 aliphatic heterocycles. The standard InChI is InChI=1S/C16H32N2O/c1-6-8-9-10-18-14(11-12(3)4)17-15(16(18)19)13(5)7-2/h12-15,17H,6-11H2,1-5H3. The van der Waals surface area contributed by atoms with Crippen LogP contribution in [0.1, 0.15) is 66.7 Å². The van der Waals surface area contributed by atoms with Gasteiger partial charge in [0.15, 0.2) is 0 Å². The van der Waals surface area contributed by atoms with Gasteiger partial charge in [-0.2, -0.15) is 0 Å². The molecule has 1 heterocycles. The molecule has 0 aromatic heterocycles. The number of hydrogen-bond donors (Lipinski definition) is 1. The van der Waals surface area contributed by atoms with Crippen LogP contribution in [0.15, 0.2) is 0 Å². The van der Waals surface area contributed by atoms with Crippen molar-refractivity contribution in [2.24, 2.45) is 11.8 Å². The normalized spacial score (nSPS) is 25.4. The van der Waals surface area contributed by atoms with Crippen molar-refractivity contribution < 1.29 is 4.79 Å². The Hall–Kier alpha value is -0.570. The minimum Gasteiger partial charge on any atom is -0.326 e. The van der Waals surface area contributed by atoms with Gasteiger partial charge < -0.3 is 4.90 Å². The van der Waals surface area contributed by atoms with Gasteiger partial charge in [-0.05, 0) is 24.7 Å². The smallest absolute Gasteiger partial charge is 0.241 e. The maximum atomic E-state index is 12.6. The monoisotopic (exact) mass is 268 g/mol. The van der Waals surface area contributed by atoms with Crippen LogP contribution in [0.5, 0.6) is 0 Å². The summed E-state index contributed by atoms with van der Waals surface area (Å²) in [5, 5.41) is 3.58. The number of carbonyl (C=O) groups is 1. The molecule has 1 fully saturated rings. The van der Waals surface area contributed by atoms with E-state index in [0.29, 0.717) is 17.7 Å². The third kappa shape index (κ3) is 4.48. The van der Waals surface area contributed by atoms with Crippen LogP contribution in [-0.2, 0) is 4.79 Å². The van der Waals surface area contributed by atoms with Gasteiger partial charge in [0.2, 0.25) is 5.91 Å². The Morgan fingerprint density at radius 1 is 1.21 bits per heavy atom. The van der Waals surface area contributed by atoms with E-state index in [4.69, 9.17) is 0 Å². The molecule has 3 atom stereocenters. The lowest BCUT2D eigenvalue weighted by Gasteiger charge is -2.25. The number of rotatable bonds is 8. The minimum absolute atomic E-state index is 0.0374. The number of unbranched alkanes of at least 4 members (excludes halogenated alkanes) is 2. The second-order valence-electron chi connectivity index (χ2n) is 6.41. The Balaban J connectivity index is 2.67. The second kappa shape index (κ2) is 7.88. The molecule has 0 aromatic carbocycles. The number of hydrogen-bond acceptors (Lipinski definition) is 2. The Morgan fingerprint density at radius 3 is 2.42 bits per heavy atom. The molecular weight excluding hydrogens is 236 g/mol. The fourth-order valence-corrected chi connectivity index (χ4v) is 2.78. The molecule has 1 N–H and O–H groups in total. The minimum atomic E-state index is 0.0374. The molecular formula is C16H32N2O. The third-order valence-electron chi connectivity index (χ3n) is 4.21. The highest BCUT2D eigenvalue weighted by molar-refractivity contribution is 5.84. The molecule has 0 saturated carbocycles. The molecule has 1 aliphatic rings. The molecule has 3 unspecified atom stereocenters. The molecule has 0 bridgehead atoms. The summed E-state index contributed by atoms with van der Waals surface area (Å²) >= 11 is 0. The van der Waals surface area contributed by atoms with Gasteiger partial charge in [0.05, 0.1) is 12.2 Å². The maximum Gasteiger partial charge on any atom is 0.241 e. The first-order valence-electron chi connectivity index (χ1n) is 8.07. The summed E-state index contributed by atoms with van der Waals surface area (Å²) in [7, 11) is 0. The van der Waals surface area contributed by atoms with Crippen molar-refractivity contribution in [1.82, 2.24) is 10.2 Å². The fourth-order valence-electron chi connectivity index (χ4n) is 2.78. The Morgan fingerprint density at radius 2 is 1.89 bits per heavy atom. The van der Waals surface area contributed by atoms with E-state index in [1.807, 2.05) is 0 Å². The predicted molar refractivity (Wildman–Crippen MR) is 80.9 cm³/mol. The molecule has 1 rings (SSSR count). The van der Waals surface area contributed by atoms with Crippen LogP contribution in [0, 0.1) is 11.8 Å². The largest absolute Gasteiger partial charge is 0.326 e. The zero-order valence-electron chi connectivity index (χ0n) is 13.4. The summed E-state index contributed by atoms with van der Waals surface area (Å²) in [6.45, 7) is 11.9. The van der Waals surface area contributed by atoms with Crippen LogP contribution in [0.25, 0.3) is 0 Å². The van der Waals surface area contributed by atoms with Gasteiger partial charge in [-0.1, -0.05) is 53.9 Å². The van der Waals surface area contributed by atoms with E-state index in [1.54, 1.807) is 0 Å². The lowest BCUT2D eigenvalue weighted by atomic mass is 9.99. The first-order valence-corrected chi connectivity index (χ1v) is 8.07. The molecule has 1 amide bonds. The average molecular weight is 268 g/mol. The maximum absolute atomic E-state index is 12.6. The highest BCUT2D eigenvalue weighted by atomic mass is 16.2. The molecule has 0 radical (unpaired) electrons. The third-order valence-corrected chi connectivity index (χ3v) is 4.21. The van der Waals surface area contributed by atoms with Gasteiger partial charge >= 0.3 is 0 Å². The zero-order valence-corrected chi connectivity index (χ0v) is 13.4. The summed E-state index contributed by atoms with van der Waals surface area (Å²) in [4.78, 5) is 14.7. The second-order valence-corrected chi connectivity index (χ2v) is 6.41. The number of nitrogens with zero attached hydrogens (tertiary/aromatic N) is 1. The van der Waals surface area contributed by atoms with Gasteiger partial charge in [0.25, 0.3) is 0 Å². The quantitative estimate of drug-likeness (QED) is 0.684. The van der Waals surface area contributed by atoms with Crippen LogP contribution >= 0.6 is 0 Å². The summed E-state index contributed by atoms with van der Waals surface area (Å²) in [5.41, 5.74) is 0. The van der Waals surface area contributed by atoms with E-state index < -0.39 is 0 Å². The molecule has 112 valence electrons. The van der Waals surface area contributed by atoms with Crippen molar-refractivity contribution in [2.45, 2.75) is 78.9 Å². The van der Waals surface area contributed by atoms with Crippen molar-refractivity contribution in [3.8, 4) is 0 Å². The number of amides is 1. The highest BCUT2D eigenvalue weighted by Gasteiger charge is 2.40. The van der Waals surface area contributed by atoms with Gasteiger partial charge in [0, 0.05) is 6.54 Å². The van der Waals surface area contributed by atoms with Crippen LogP contribution in [0.3, 0.4) is 0 Å². The van der Waals surface area contributed by atoms with Gasteiger partial charge in [-0.3, -0.25) is 10.1 Å². The van der Waals surface area contributed by atoms with E-state index in [9.17, 15) is 4.79 Å². The first kappa shape index (κ1) is 16.5. The lowest BCUT2D eigenvalue weighted by molar-refractivity contribution is -0.131. The highest BCUT2D eigenvalue weighted by Crippen LogP contribution is 2.23. The predicted octanol–water partition coefficient (Wildman–Crippen LogP) is 3.40. The van der Waals surface area contributed by atoms with Crippen molar-refractivity contribution in [3.63, 3.8) is 0 Å². The van der Waals surface area contributed by atoms with Gasteiger partial charge in [-0.25, -0.2) is 0 Å². The van der Waals surface area contributed by atoms with Crippen molar-refractivity contribution in [3.05, 3.63) is 0 Å².